The Balaban J connectivity index is 2.25. The summed E-state index contributed by atoms with van der Waals surface area (Å²) in [6.07, 6.45) is 0. The number of rotatable bonds is 2. The highest BCUT2D eigenvalue weighted by atomic mass is 79.9. The summed E-state index contributed by atoms with van der Waals surface area (Å²) < 4.78 is 0.657. The first kappa shape index (κ1) is 14.1. The molecule has 0 saturated carbocycles. The normalized spacial score (nSPS) is 10.0. The molecule has 2 aromatic rings. The van der Waals surface area contributed by atoms with E-state index < -0.39 is 0 Å². The number of benzene rings is 1. The largest absolute Gasteiger partial charge is 0.320 e. The fourth-order valence-corrected chi connectivity index (χ4v) is 3.10. The Kier molecular flexibility index (Phi) is 4.25. The third kappa shape index (κ3) is 2.98. The van der Waals surface area contributed by atoms with E-state index in [0.717, 1.165) is 5.56 Å². The topological polar surface area (TPSA) is 52.9 Å². The number of hydrogen-bond acceptors (Lipinski definition) is 3. The van der Waals surface area contributed by atoms with Gasteiger partial charge in [0.25, 0.3) is 5.91 Å². The van der Waals surface area contributed by atoms with Crippen molar-refractivity contribution >= 4 is 50.5 Å². The Morgan fingerprint density at radius 3 is 2.79 bits per heavy atom. The summed E-state index contributed by atoms with van der Waals surface area (Å²) in [5, 5.41) is 13.9. The SMILES string of the molecule is Cc1csc(C(=O)Nc2ccc(C#N)cc2Br)c1Cl. The highest BCUT2D eigenvalue weighted by molar-refractivity contribution is 9.10. The average Bonchev–Trinajstić information content (AvgIpc) is 2.72. The lowest BCUT2D eigenvalue weighted by Crippen LogP contribution is -2.11. The maximum Gasteiger partial charge on any atom is 0.267 e. The minimum atomic E-state index is -0.256. The zero-order chi connectivity index (χ0) is 14.0. The van der Waals surface area contributed by atoms with Crippen LogP contribution >= 0.6 is 38.9 Å². The minimum absolute atomic E-state index is 0.256. The fourth-order valence-electron chi connectivity index (χ4n) is 1.45. The lowest BCUT2D eigenvalue weighted by molar-refractivity contribution is 0.103. The van der Waals surface area contributed by atoms with Gasteiger partial charge in [-0.2, -0.15) is 5.26 Å². The summed E-state index contributed by atoms with van der Waals surface area (Å²) in [5.74, 6) is -0.256. The maximum atomic E-state index is 12.1. The second-order valence-corrected chi connectivity index (χ2v) is 5.93. The molecule has 6 heteroatoms. The van der Waals surface area contributed by atoms with Crippen LogP contribution in [-0.2, 0) is 0 Å². The molecule has 1 heterocycles. The number of carbonyl (C=O) groups is 1. The molecule has 0 fully saturated rings. The molecule has 0 unspecified atom stereocenters. The molecule has 0 radical (unpaired) electrons. The van der Waals surface area contributed by atoms with Gasteiger partial charge in [0.05, 0.1) is 22.3 Å². The van der Waals surface area contributed by atoms with Gasteiger partial charge in [0.2, 0.25) is 0 Å². The van der Waals surface area contributed by atoms with Gasteiger partial charge in [-0.25, -0.2) is 0 Å². The lowest BCUT2D eigenvalue weighted by atomic mass is 10.2. The number of carbonyl (C=O) groups excluding carboxylic acids is 1. The van der Waals surface area contributed by atoms with Crippen molar-refractivity contribution in [1.29, 1.82) is 5.26 Å². The summed E-state index contributed by atoms with van der Waals surface area (Å²) >= 11 is 10.7. The van der Waals surface area contributed by atoms with E-state index in [0.29, 0.717) is 25.6 Å². The van der Waals surface area contributed by atoms with Crippen LogP contribution in [0.15, 0.2) is 28.1 Å². The molecule has 0 aliphatic carbocycles. The molecular formula is C13H8BrClN2OS. The van der Waals surface area contributed by atoms with Gasteiger partial charge in [-0.05, 0) is 52.0 Å². The number of nitrogens with zero attached hydrogens (tertiary/aromatic N) is 1. The summed E-state index contributed by atoms with van der Waals surface area (Å²) in [4.78, 5) is 12.6. The Bertz CT molecular complexity index is 690. The molecule has 0 atom stereocenters. The lowest BCUT2D eigenvalue weighted by Gasteiger charge is -2.06. The monoisotopic (exact) mass is 354 g/mol. The standard InChI is InChI=1S/C13H8BrClN2OS/c1-7-6-19-12(11(7)15)13(18)17-10-3-2-8(5-16)4-9(10)14/h2-4,6H,1H3,(H,17,18). The van der Waals surface area contributed by atoms with E-state index in [4.69, 9.17) is 16.9 Å². The Morgan fingerprint density at radius 2 is 2.26 bits per heavy atom. The molecule has 1 N–H and O–H groups in total. The molecule has 0 bridgehead atoms. The van der Waals surface area contributed by atoms with Gasteiger partial charge >= 0.3 is 0 Å². The van der Waals surface area contributed by atoms with Crippen LogP contribution in [0.3, 0.4) is 0 Å². The number of nitrogens with one attached hydrogen (secondary N) is 1. The highest BCUT2D eigenvalue weighted by Crippen LogP contribution is 2.29. The van der Waals surface area contributed by atoms with E-state index in [1.807, 2.05) is 18.4 Å². The van der Waals surface area contributed by atoms with Gasteiger partial charge < -0.3 is 5.32 Å². The molecule has 1 aromatic carbocycles. The van der Waals surface area contributed by atoms with Gasteiger partial charge in [0, 0.05) is 4.47 Å². The number of hydrogen-bond donors (Lipinski definition) is 1. The minimum Gasteiger partial charge on any atom is -0.320 e. The molecule has 0 saturated heterocycles. The molecule has 96 valence electrons. The Labute approximate surface area is 127 Å². The second kappa shape index (κ2) is 5.74. The molecule has 1 amide bonds. The number of thiophene rings is 1. The first-order valence-electron chi connectivity index (χ1n) is 5.27. The van der Waals surface area contributed by atoms with Crippen molar-refractivity contribution in [2.45, 2.75) is 6.92 Å². The van der Waals surface area contributed by atoms with Crippen LogP contribution in [0, 0.1) is 18.3 Å². The van der Waals surface area contributed by atoms with Crippen LogP contribution < -0.4 is 5.32 Å². The van der Waals surface area contributed by atoms with Crippen LogP contribution in [0.5, 0.6) is 0 Å². The quantitative estimate of drug-likeness (QED) is 0.856. The molecule has 3 nitrogen and oxygen atoms in total. The summed E-state index contributed by atoms with van der Waals surface area (Å²) in [5.41, 5.74) is 2.01. The average molecular weight is 356 g/mol. The predicted octanol–water partition coefficient (Wildman–Crippen LogP) is 4.60. The third-order valence-electron chi connectivity index (χ3n) is 2.45. The van der Waals surface area contributed by atoms with Gasteiger partial charge in [-0.1, -0.05) is 11.6 Å². The molecule has 2 rings (SSSR count). The van der Waals surface area contributed by atoms with Crippen molar-refractivity contribution in [3.05, 3.63) is 49.1 Å². The number of amides is 1. The smallest absolute Gasteiger partial charge is 0.267 e. The van der Waals surface area contributed by atoms with Crippen molar-refractivity contribution in [3.8, 4) is 6.07 Å². The van der Waals surface area contributed by atoms with Crippen LogP contribution in [0.25, 0.3) is 0 Å². The van der Waals surface area contributed by atoms with Crippen LogP contribution in [0.2, 0.25) is 5.02 Å². The van der Waals surface area contributed by atoms with Gasteiger partial charge in [-0.15, -0.1) is 11.3 Å². The van der Waals surface area contributed by atoms with Crippen molar-refractivity contribution in [3.63, 3.8) is 0 Å². The summed E-state index contributed by atoms with van der Waals surface area (Å²) in [6, 6.07) is 7.00. The molecular weight excluding hydrogens is 348 g/mol. The van der Waals surface area contributed by atoms with Gasteiger partial charge in [0.1, 0.15) is 4.88 Å². The van der Waals surface area contributed by atoms with E-state index >= 15 is 0 Å². The van der Waals surface area contributed by atoms with Gasteiger partial charge in [-0.3, -0.25) is 4.79 Å². The zero-order valence-corrected chi connectivity index (χ0v) is 13.0. The number of halogens is 2. The van der Waals surface area contributed by atoms with E-state index in [1.165, 1.54) is 11.3 Å². The first-order chi connectivity index (χ1) is 9.02. The third-order valence-corrected chi connectivity index (χ3v) is 4.80. The number of nitriles is 1. The fraction of sp³-hybridized carbons (Fsp3) is 0.0769. The Morgan fingerprint density at radius 1 is 1.53 bits per heavy atom. The van der Waals surface area contributed by atoms with Crippen molar-refractivity contribution < 1.29 is 4.79 Å². The van der Waals surface area contributed by atoms with Crippen LogP contribution in [-0.4, -0.2) is 5.91 Å². The second-order valence-electron chi connectivity index (χ2n) is 3.82. The maximum absolute atomic E-state index is 12.1. The van der Waals surface area contributed by atoms with E-state index in [2.05, 4.69) is 21.2 Å². The summed E-state index contributed by atoms with van der Waals surface area (Å²) in [6.45, 7) is 1.85. The van der Waals surface area contributed by atoms with Crippen molar-refractivity contribution in [1.82, 2.24) is 0 Å². The first-order valence-corrected chi connectivity index (χ1v) is 7.32. The number of aryl methyl sites for hydroxylation is 1. The van der Waals surface area contributed by atoms with Gasteiger partial charge in [0.15, 0.2) is 0 Å². The van der Waals surface area contributed by atoms with E-state index in [1.54, 1.807) is 18.2 Å². The molecule has 0 spiro atoms. The van der Waals surface area contributed by atoms with E-state index in [-0.39, 0.29) is 5.91 Å². The molecule has 19 heavy (non-hydrogen) atoms. The predicted molar refractivity (Wildman–Crippen MR) is 80.9 cm³/mol. The molecule has 0 aliphatic rings. The van der Waals surface area contributed by atoms with Crippen molar-refractivity contribution in [2.75, 3.05) is 5.32 Å². The highest BCUT2D eigenvalue weighted by Gasteiger charge is 2.15. The van der Waals surface area contributed by atoms with Crippen molar-refractivity contribution in [2.24, 2.45) is 0 Å². The Hall–Kier alpha value is -1.35. The zero-order valence-electron chi connectivity index (χ0n) is 9.83. The van der Waals surface area contributed by atoms with Crippen LogP contribution in [0.1, 0.15) is 20.8 Å². The molecule has 1 aromatic heterocycles. The molecule has 0 aliphatic heterocycles. The number of anilines is 1. The van der Waals surface area contributed by atoms with E-state index in [9.17, 15) is 4.79 Å². The summed E-state index contributed by atoms with van der Waals surface area (Å²) in [7, 11) is 0. The van der Waals surface area contributed by atoms with Crippen LogP contribution in [0.4, 0.5) is 5.69 Å².